The average Bonchev–Trinajstić information content (AvgIpc) is 3.12. The van der Waals surface area contributed by atoms with E-state index >= 15 is 0 Å². The largest absolute Gasteiger partial charge is 0.488 e. The number of hydrogen-bond acceptors (Lipinski definition) is 8. The highest BCUT2D eigenvalue weighted by Crippen LogP contribution is 2.24. The summed E-state index contributed by atoms with van der Waals surface area (Å²) < 4.78 is 7.50. The Morgan fingerprint density at radius 1 is 1.34 bits per heavy atom. The summed E-state index contributed by atoms with van der Waals surface area (Å²) in [6.45, 7) is 2.50. The fourth-order valence-electron chi connectivity index (χ4n) is 2.29. The van der Waals surface area contributed by atoms with Crippen molar-refractivity contribution in [3.05, 3.63) is 63.6 Å². The molecule has 0 spiro atoms. The molecule has 3 aromatic rings. The van der Waals surface area contributed by atoms with Gasteiger partial charge in [0, 0.05) is 10.0 Å². The number of nitrogens with one attached hydrogen (secondary N) is 1. The number of nitrogens with zero attached hydrogens (tertiary/aromatic N) is 3. The summed E-state index contributed by atoms with van der Waals surface area (Å²) in [6.07, 6.45) is 1.56. The van der Waals surface area contributed by atoms with Crippen molar-refractivity contribution in [3.63, 3.8) is 0 Å². The molecule has 3 N–H and O–H groups in total. The average molecular weight is 492 g/mol. The number of thioether (sulfide) groups is 1. The molecule has 2 aromatic carbocycles. The smallest absolute Gasteiger partial charge is 0.250 e. The quantitative estimate of drug-likeness (QED) is 0.280. The number of aryl methyl sites for hydroxylation is 1. The van der Waals surface area contributed by atoms with Gasteiger partial charge in [0.1, 0.15) is 12.4 Å². The van der Waals surface area contributed by atoms with E-state index in [0.29, 0.717) is 21.8 Å². The minimum Gasteiger partial charge on any atom is -0.488 e. The molecule has 0 bridgehead atoms. The maximum absolute atomic E-state index is 12.0. The number of hydrazone groups is 1. The summed E-state index contributed by atoms with van der Waals surface area (Å²) in [4.78, 5) is 12.0. The van der Waals surface area contributed by atoms with Crippen LogP contribution in [-0.2, 0) is 11.4 Å². The number of aromatic nitrogens is 2. The molecule has 1 aromatic heterocycles. The molecule has 0 saturated carbocycles. The molecule has 10 heteroatoms. The Kier molecular flexibility index (Phi) is 7.62. The van der Waals surface area contributed by atoms with E-state index in [1.54, 1.807) is 6.21 Å². The van der Waals surface area contributed by atoms with Gasteiger partial charge in [-0.1, -0.05) is 63.3 Å². The molecule has 0 atom stereocenters. The van der Waals surface area contributed by atoms with E-state index in [4.69, 9.17) is 10.5 Å². The monoisotopic (exact) mass is 491 g/mol. The highest BCUT2D eigenvalue weighted by atomic mass is 79.9. The minimum absolute atomic E-state index is 0.168. The molecule has 1 amide bonds. The van der Waals surface area contributed by atoms with Crippen LogP contribution in [0.4, 0.5) is 5.13 Å². The lowest BCUT2D eigenvalue weighted by Crippen LogP contribution is -2.19. The second kappa shape index (κ2) is 10.4. The Labute approximate surface area is 184 Å². The molecule has 0 aliphatic carbocycles. The number of nitrogens with two attached hydrogens (primary N) is 1. The fourth-order valence-corrected chi connectivity index (χ4v) is 4.10. The van der Waals surface area contributed by atoms with Crippen molar-refractivity contribution >= 4 is 56.3 Å². The number of carbonyl (C=O) groups excluding carboxylic acids is 1. The van der Waals surface area contributed by atoms with Crippen LogP contribution in [0.2, 0.25) is 0 Å². The Hall–Kier alpha value is -2.43. The number of ether oxygens (including phenoxy) is 1. The van der Waals surface area contributed by atoms with Crippen LogP contribution in [-0.4, -0.2) is 28.1 Å². The molecule has 0 aliphatic heterocycles. The summed E-state index contributed by atoms with van der Waals surface area (Å²) in [5.41, 5.74) is 11.0. The zero-order chi connectivity index (χ0) is 20.6. The van der Waals surface area contributed by atoms with Crippen LogP contribution in [0.5, 0.6) is 5.75 Å². The Balaban J connectivity index is 1.58. The lowest BCUT2D eigenvalue weighted by Gasteiger charge is -2.11. The van der Waals surface area contributed by atoms with Crippen LogP contribution in [0.1, 0.15) is 16.7 Å². The van der Waals surface area contributed by atoms with E-state index in [2.05, 4.69) is 36.7 Å². The molecule has 150 valence electrons. The normalized spacial score (nSPS) is 11.0. The summed E-state index contributed by atoms with van der Waals surface area (Å²) in [5, 5.41) is 12.0. The second-order valence-corrected chi connectivity index (χ2v) is 9.03. The molecule has 0 saturated heterocycles. The van der Waals surface area contributed by atoms with Crippen molar-refractivity contribution in [1.29, 1.82) is 0 Å². The van der Waals surface area contributed by atoms with Gasteiger partial charge in [-0.2, -0.15) is 5.10 Å². The third kappa shape index (κ3) is 6.55. The number of amides is 1. The lowest BCUT2D eigenvalue weighted by atomic mass is 10.1. The number of nitrogen functional groups attached to an aromatic ring is 1. The molecule has 0 radical (unpaired) electrons. The number of carbonyl (C=O) groups is 1. The van der Waals surface area contributed by atoms with Gasteiger partial charge in [0.2, 0.25) is 5.13 Å². The van der Waals surface area contributed by atoms with Gasteiger partial charge in [0.25, 0.3) is 5.91 Å². The van der Waals surface area contributed by atoms with E-state index < -0.39 is 0 Å². The van der Waals surface area contributed by atoms with Crippen molar-refractivity contribution in [1.82, 2.24) is 15.6 Å². The lowest BCUT2D eigenvalue weighted by molar-refractivity contribution is -0.118. The van der Waals surface area contributed by atoms with E-state index in [1.165, 1.54) is 28.7 Å². The number of halogens is 1. The zero-order valence-corrected chi connectivity index (χ0v) is 18.7. The Bertz CT molecular complexity index is 1030. The second-order valence-electron chi connectivity index (χ2n) is 5.89. The van der Waals surface area contributed by atoms with E-state index in [-0.39, 0.29) is 11.7 Å². The van der Waals surface area contributed by atoms with Gasteiger partial charge in [-0.15, -0.1) is 10.2 Å². The first-order valence-electron chi connectivity index (χ1n) is 8.52. The van der Waals surface area contributed by atoms with Crippen LogP contribution in [0.3, 0.4) is 0 Å². The van der Waals surface area contributed by atoms with Crippen molar-refractivity contribution in [2.24, 2.45) is 5.10 Å². The highest BCUT2D eigenvalue weighted by molar-refractivity contribution is 9.10. The molecule has 29 heavy (non-hydrogen) atoms. The van der Waals surface area contributed by atoms with Crippen molar-refractivity contribution < 1.29 is 9.53 Å². The number of anilines is 1. The fraction of sp³-hybridized carbons (Fsp3) is 0.158. The van der Waals surface area contributed by atoms with E-state index in [0.717, 1.165) is 15.6 Å². The van der Waals surface area contributed by atoms with Gasteiger partial charge in [0.15, 0.2) is 4.34 Å². The van der Waals surface area contributed by atoms with Gasteiger partial charge >= 0.3 is 0 Å². The molecule has 7 nitrogen and oxygen atoms in total. The molecule has 0 unspecified atom stereocenters. The maximum Gasteiger partial charge on any atom is 0.250 e. The topological polar surface area (TPSA) is 102 Å². The molecule has 0 fully saturated rings. The summed E-state index contributed by atoms with van der Waals surface area (Å²) in [5.74, 6) is 0.590. The van der Waals surface area contributed by atoms with Crippen molar-refractivity contribution in [2.45, 2.75) is 17.9 Å². The standard InChI is InChI=1S/C19H18BrN5O2S2/c1-12-4-2-3-5-13(12)10-27-16-7-6-15(20)8-14(16)9-22-23-17(26)11-28-19-25-24-18(21)29-19/h2-9H,10-11H2,1H3,(H2,21,24)(H,23,26). The van der Waals surface area contributed by atoms with E-state index in [1.807, 2.05) is 49.4 Å². The predicted molar refractivity (Wildman–Crippen MR) is 120 cm³/mol. The number of rotatable bonds is 8. The van der Waals surface area contributed by atoms with Crippen LogP contribution in [0, 0.1) is 6.92 Å². The minimum atomic E-state index is -0.252. The zero-order valence-electron chi connectivity index (χ0n) is 15.5. The van der Waals surface area contributed by atoms with Gasteiger partial charge < -0.3 is 10.5 Å². The van der Waals surface area contributed by atoms with Crippen LogP contribution in [0.15, 0.2) is 56.4 Å². The summed E-state index contributed by atoms with van der Waals surface area (Å²) in [7, 11) is 0. The molecular formula is C19H18BrN5O2S2. The van der Waals surface area contributed by atoms with Crippen molar-refractivity contribution in [3.8, 4) is 5.75 Å². The molecule has 0 aliphatic rings. The van der Waals surface area contributed by atoms with Crippen LogP contribution >= 0.6 is 39.0 Å². The number of hydrogen-bond donors (Lipinski definition) is 2. The third-order valence-electron chi connectivity index (χ3n) is 3.76. The molecule has 3 rings (SSSR count). The van der Waals surface area contributed by atoms with Gasteiger partial charge in [-0.3, -0.25) is 4.79 Å². The predicted octanol–water partition coefficient (Wildman–Crippen LogP) is 4.01. The SMILES string of the molecule is Cc1ccccc1COc1ccc(Br)cc1C=NNC(=O)CSc1nnc(N)s1. The number of benzene rings is 2. The van der Waals surface area contributed by atoms with Gasteiger partial charge in [-0.05, 0) is 36.2 Å². The first-order valence-corrected chi connectivity index (χ1v) is 11.1. The maximum atomic E-state index is 12.0. The molecular weight excluding hydrogens is 474 g/mol. The Morgan fingerprint density at radius 3 is 2.93 bits per heavy atom. The molecule has 1 heterocycles. The van der Waals surface area contributed by atoms with E-state index in [9.17, 15) is 4.79 Å². The first kappa shape index (κ1) is 21.3. The summed E-state index contributed by atoms with van der Waals surface area (Å²) >= 11 is 5.94. The van der Waals surface area contributed by atoms with Crippen LogP contribution in [0.25, 0.3) is 0 Å². The summed E-state index contributed by atoms with van der Waals surface area (Å²) in [6, 6.07) is 13.7. The van der Waals surface area contributed by atoms with Gasteiger partial charge in [-0.25, -0.2) is 5.43 Å². The van der Waals surface area contributed by atoms with Crippen LogP contribution < -0.4 is 15.9 Å². The Morgan fingerprint density at radius 2 is 2.17 bits per heavy atom. The third-order valence-corrected chi connectivity index (χ3v) is 6.14. The van der Waals surface area contributed by atoms with Gasteiger partial charge in [0.05, 0.1) is 12.0 Å². The highest BCUT2D eigenvalue weighted by Gasteiger charge is 2.07. The first-order chi connectivity index (χ1) is 14.0. The van der Waals surface area contributed by atoms with Crippen molar-refractivity contribution in [2.75, 3.05) is 11.5 Å².